The van der Waals surface area contributed by atoms with Crippen molar-refractivity contribution in [1.29, 1.82) is 0 Å². The molecule has 1 fully saturated rings. The fraction of sp³-hybridized carbons (Fsp3) is 0.353. The van der Waals surface area contributed by atoms with Crippen molar-refractivity contribution in [2.75, 3.05) is 18.4 Å². The lowest BCUT2D eigenvalue weighted by molar-refractivity contribution is 0.0791. The van der Waals surface area contributed by atoms with Crippen LogP contribution >= 0.6 is 0 Å². The molecule has 6 heteroatoms. The molecule has 0 atom stereocenters. The molecule has 2 heterocycles. The van der Waals surface area contributed by atoms with Gasteiger partial charge in [-0.05, 0) is 44.4 Å². The minimum absolute atomic E-state index is 0.0356. The predicted molar refractivity (Wildman–Crippen MR) is 87.6 cm³/mol. The van der Waals surface area contributed by atoms with Gasteiger partial charge in [0, 0.05) is 24.3 Å². The molecule has 0 unspecified atom stereocenters. The molecule has 1 saturated heterocycles. The number of nitrogens with one attached hydrogen (secondary N) is 2. The highest BCUT2D eigenvalue weighted by Gasteiger charge is 2.22. The molecule has 2 N–H and O–H groups in total. The number of hydrogen-bond acceptors (Lipinski definition) is 3. The van der Waals surface area contributed by atoms with Crippen LogP contribution in [0, 0.1) is 13.8 Å². The maximum absolute atomic E-state index is 12.6. The zero-order valence-electron chi connectivity index (χ0n) is 13.3. The maximum Gasteiger partial charge on any atom is 0.273 e. The molecule has 2 amide bonds. The molecule has 6 nitrogen and oxygen atoms in total. The van der Waals surface area contributed by atoms with Crippen LogP contribution in [-0.4, -0.2) is 39.8 Å². The Morgan fingerprint density at radius 2 is 1.96 bits per heavy atom. The molecule has 0 bridgehead atoms. The number of carbonyl (C=O) groups excluding carboxylic acids is 2. The van der Waals surface area contributed by atoms with Gasteiger partial charge in [-0.25, -0.2) is 4.98 Å². The molecule has 23 heavy (non-hydrogen) atoms. The second kappa shape index (κ2) is 6.24. The van der Waals surface area contributed by atoms with Crippen LogP contribution in [0.25, 0.3) is 0 Å². The van der Waals surface area contributed by atoms with E-state index < -0.39 is 0 Å². The molecule has 1 aromatic carbocycles. The van der Waals surface area contributed by atoms with Gasteiger partial charge in [-0.1, -0.05) is 6.07 Å². The van der Waals surface area contributed by atoms with Crippen molar-refractivity contribution in [2.24, 2.45) is 0 Å². The number of anilines is 1. The van der Waals surface area contributed by atoms with Gasteiger partial charge in [-0.2, -0.15) is 0 Å². The van der Waals surface area contributed by atoms with Gasteiger partial charge in [-0.3, -0.25) is 9.59 Å². The van der Waals surface area contributed by atoms with Gasteiger partial charge < -0.3 is 15.2 Å². The van der Waals surface area contributed by atoms with Gasteiger partial charge in [-0.15, -0.1) is 0 Å². The number of hydrogen-bond donors (Lipinski definition) is 2. The lowest BCUT2D eigenvalue weighted by atomic mass is 10.1. The molecule has 0 radical (unpaired) electrons. The Morgan fingerprint density at radius 1 is 1.22 bits per heavy atom. The number of carbonyl (C=O) groups is 2. The van der Waals surface area contributed by atoms with Gasteiger partial charge in [0.15, 0.2) is 0 Å². The second-order valence-electron chi connectivity index (χ2n) is 5.81. The zero-order chi connectivity index (χ0) is 16.4. The number of rotatable bonds is 3. The number of amides is 2. The smallest absolute Gasteiger partial charge is 0.273 e. The predicted octanol–water partition coefficient (Wildman–Crippen LogP) is 2.51. The van der Waals surface area contributed by atoms with Crippen LogP contribution in [0.1, 0.15) is 45.1 Å². The third-order valence-corrected chi connectivity index (χ3v) is 4.15. The van der Waals surface area contributed by atoms with Gasteiger partial charge in [0.05, 0.1) is 6.20 Å². The fourth-order valence-corrected chi connectivity index (χ4v) is 2.82. The molecule has 120 valence electrons. The standard InChI is InChI=1S/C17H20N4O2/c1-11-13(17(23)21-8-3-4-9-21)6-5-7-14(11)20-16(22)15-10-18-12(2)19-15/h5-7,10H,3-4,8-9H2,1-2H3,(H,18,19)(H,20,22). The normalized spacial score (nSPS) is 14.1. The summed E-state index contributed by atoms with van der Waals surface area (Å²) >= 11 is 0. The highest BCUT2D eigenvalue weighted by Crippen LogP contribution is 2.22. The molecular weight excluding hydrogens is 292 g/mol. The summed E-state index contributed by atoms with van der Waals surface area (Å²) in [5.41, 5.74) is 2.48. The van der Waals surface area contributed by atoms with Gasteiger partial charge in [0.25, 0.3) is 11.8 Å². The Balaban J connectivity index is 1.82. The summed E-state index contributed by atoms with van der Waals surface area (Å²) in [7, 11) is 0. The Morgan fingerprint density at radius 3 is 2.61 bits per heavy atom. The van der Waals surface area contributed by atoms with Crippen molar-refractivity contribution in [3.63, 3.8) is 0 Å². The lowest BCUT2D eigenvalue weighted by Crippen LogP contribution is -2.28. The molecule has 0 saturated carbocycles. The molecule has 0 aliphatic carbocycles. The van der Waals surface area contributed by atoms with Crippen LogP contribution in [0.15, 0.2) is 24.4 Å². The minimum atomic E-state index is -0.264. The first-order valence-corrected chi connectivity index (χ1v) is 7.78. The number of aromatic nitrogens is 2. The quantitative estimate of drug-likeness (QED) is 0.914. The first kappa shape index (κ1) is 15.3. The summed E-state index contributed by atoms with van der Waals surface area (Å²) in [6.45, 7) is 5.26. The van der Waals surface area contributed by atoms with E-state index in [4.69, 9.17) is 0 Å². The van der Waals surface area contributed by atoms with Crippen molar-refractivity contribution in [2.45, 2.75) is 26.7 Å². The van der Waals surface area contributed by atoms with Crippen LogP contribution in [0.5, 0.6) is 0 Å². The topological polar surface area (TPSA) is 78.1 Å². The molecule has 1 aliphatic heterocycles. The summed E-state index contributed by atoms with van der Waals surface area (Å²) in [6.07, 6.45) is 3.61. The van der Waals surface area contributed by atoms with E-state index in [9.17, 15) is 9.59 Å². The number of aryl methyl sites for hydroxylation is 1. The van der Waals surface area contributed by atoms with E-state index in [0.29, 0.717) is 22.8 Å². The Bertz CT molecular complexity index is 745. The molecule has 3 rings (SSSR count). The van der Waals surface area contributed by atoms with Crippen molar-refractivity contribution >= 4 is 17.5 Å². The van der Waals surface area contributed by atoms with Crippen LogP contribution < -0.4 is 5.32 Å². The van der Waals surface area contributed by atoms with E-state index in [0.717, 1.165) is 31.5 Å². The average molecular weight is 312 g/mol. The zero-order valence-corrected chi connectivity index (χ0v) is 13.3. The van der Waals surface area contributed by atoms with E-state index in [1.165, 1.54) is 6.20 Å². The number of aromatic amines is 1. The Kier molecular flexibility index (Phi) is 4.14. The van der Waals surface area contributed by atoms with Gasteiger partial charge >= 0.3 is 0 Å². The van der Waals surface area contributed by atoms with E-state index in [1.807, 2.05) is 17.9 Å². The summed E-state index contributed by atoms with van der Waals surface area (Å²) in [6, 6.07) is 5.41. The first-order valence-electron chi connectivity index (χ1n) is 7.78. The Labute approximate surface area is 134 Å². The van der Waals surface area contributed by atoms with Crippen LogP contribution in [-0.2, 0) is 0 Å². The monoisotopic (exact) mass is 312 g/mol. The van der Waals surface area contributed by atoms with Crippen molar-refractivity contribution in [3.8, 4) is 0 Å². The summed E-state index contributed by atoms with van der Waals surface area (Å²) in [5, 5.41) is 2.84. The number of benzene rings is 1. The maximum atomic E-state index is 12.6. The number of nitrogens with zero attached hydrogens (tertiary/aromatic N) is 2. The van der Waals surface area contributed by atoms with Crippen LogP contribution in [0.3, 0.4) is 0 Å². The Hall–Kier alpha value is -2.63. The number of imidazole rings is 1. The molecule has 1 aliphatic rings. The lowest BCUT2D eigenvalue weighted by Gasteiger charge is -2.18. The number of likely N-dealkylation sites (tertiary alicyclic amines) is 1. The van der Waals surface area contributed by atoms with Gasteiger partial charge in [0.1, 0.15) is 11.5 Å². The van der Waals surface area contributed by atoms with Crippen molar-refractivity contribution < 1.29 is 9.59 Å². The largest absolute Gasteiger partial charge is 0.339 e. The average Bonchev–Trinajstić information content (AvgIpc) is 3.20. The van der Waals surface area contributed by atoms with E-state index >= 15 is 0 Å². The summed E-state index contributed by atoms with van der Waals surface area (Å²) in [5.74, 6) is 0.456. The first-order chi connectivity index (χ1) is 11.1. The van der Waals surface area contributed by atoms with E-state index in [1.54, 1.807) is 19.1 Å². The highest BCUT2D eigenvalue weighted by atomic mass is 16.2. The fourth-order valence-electron chi connectivity index (χ4n) is 2.82. The van der Waals surface area contributed by atoms with E-state index in [2.05, 4.69) is 15.3 Å². The SMILES string of the molecule is Cc1ncc(C(=O)Nc2cccc(C(=O)N3CCCC3)c2C)[nH]1. The highest BCUT2D eigenvalue weighted by molar-refractivity contribution is 6.05. The second-order valence-corrected chi connectivity index (χ2v) is 5.81. The third kappa shape index (κ3) is 3.11. The molecule has 0 spiro atoms. The van der Waals surface area contributed by atoms with Gasteiger partial charge in [0.2, 0.25) is 0 Å². The van der Waals surface area contributed by atoms with E-state index in [-0.39, 0.29) is 11.8 Å². The summed E-state index contributed by atoms with van der Waals surface area (Å²) < 4.78 is 0. The molecule has 1 aromatic heterocycles. The summed E-state index contributed by atoms with van der Waals surface area (Å²) in [4.78, 5) is 33.6. The molecule has 2 aromatic rings. The van der Waals surface area contributed by atoms with Crippen LogP contribution in [0.4, 0.5) is 5.69 Å². The molecular formula is C17H20N4O2. The minimum Gasteiger partial charge on any atom is -0.339 e. The third-order valence-electron chi connectivity index (χ3n) is 4.15. The van der Waals surface area contributed by atoms with Crippen molar-refractivity contribution in [3.05, 3.63) is 47.0 Å². The van der Waals surface area contributed by atoms with Crippen molar-refractivity contribution in [1.82, 2.24) is 14.9 Å². The number of H-pyrrole nitrogens is 1. The van der Waals surface area contributed by atoms with Crippen LogP contribution in [0.2, 0.25) is 0 Å².